The number of halogens is 1. The molecular weight excluding hydrogens is 313 g/mol. The van der Waals surface area contributed by atoms with Crippen molar-refractivity contribution in [2.24, 2.45) is 0 Å². The van der Waals surface area contributed by atoms with E-state index in [9.17, 15) is 12.8 Å². The molecule has 0 bridgehead atoms. The molecule has 5 heteroatoms. The normalized spacial score (nSPS) is 12.3. The minimum atomic E-state index is -3.49. The van der Waals surface area contributed by atoms with Gasteiger partial charge in [-0.2, -0.15) is 0 Å². The molecule has 23 heavy (non-hydrogen) atoms. The van der Waals surface area contributed by atoms with Crippen molar-refractivity contribution in [1.82, 2.24) is 4.72 Å². The zero-order valence-electron chi connectivity index (χ0n) is 13.4. The summed E-state index contributed by atoms with van der Waals surface area (Å²) in [6, 6.07) is 16.0. The van der Waals surface area contributed by atoms with Crippen LogP contribution < -0.4 is 4.72 Å². The van der Waals surface area contributed by atoms with Crippen LogP contribution in [0.3, 0.4) is 0 Å². The molecule has 0 amide bonds. The van der Waals surface area contributed by atoms with E-state index < -0.39 is 15.6 Å². The Labute approximate surface area is 137 Å². The van der Waals surface area contributed by atoms with E-state index in [4.69, 9.17) is 0 Å². The van der Waals surface area contributed by atoms with Crippen LogP contribution in [0.2, 0.25) is 0 Å². The van der Waals surface area contributed by atoms with Crippen molar-refractivity contribution in [3.8, 4) is 0 Å². The molecule has 0 aliphatic carbocycles. The van der Waals surface area contributed by atoms with Gasteiger partial charge in [-0.15, -0.1) is 0 Å². The van der Waals surface area contributed by atoms with Crippen molar-refractivity contribution in [1.29, 1.82) is 0 Å². The van der Waals surface area contributed by atoms with Crippen molar-refractivity contribution < 1.29 is 12.8 Å². The first-order valence-corrected chi connectivity index (χ1v) is 9.22. The Bertz CT molecular complexity index is 743. The fraction of sp³-hybridized carbons (Fsp3) is 0.333. The van der Waals surface area contributed by atoms with Gasteiger partial charge in [0.25, 0.3) is 0 Å². The first-order chi connectivity index (χ1) is 10.8. The van der Waals surface area contributed by atoms with Gasteiger partial charge in [-0.05, 0) is 43.9 Å². The van der Waals surface area contributed by atoms with Crippen LogP contribution in [0.25, 0.3) is 0 Å². The summed E-state index contributed by atoms with van der Waals surface area (Å²) < 4.78 is 40.9. The fourth-order valence-electron chi connectivity index (χ4n) is 2.56. The molecule has 0 spiro atoms. The zero-order valence-corrected chi connectivity index (χ0v) is 14.2. The average Bonchev–Trinajstić information content (AvgIpc) is 2.46. The highest BCUT2D eigenvalue weighted by Crippen LogP contribution is 2.15. The SMILES string of the molecule is CC(C)(Cc1ccccc1)NS(=O)(=O)CCc1ccccc1F. The smallest absolute Gasteiger partial charge is 0.212 e. The summed E-state index contributed by atoms with van der Waals surface area (Å²) in [7, 11) is -3.49. The van der Waals surface area contributed by atoms with Crippen LogP contribution in [0.4, 0.5) is 4.39 Å². The van der Waals surface area contributed by atoms with E-state index in [1.165, 1.54) is 6.07 Å². The molecule has 0 aliphatic rings. The topological polar surface area (TPSA) is 46.2 Å². The Morgan fingerprint density at radius 2 is 1.61 bits per heavy atom. The number of nitrogens with one attached hydrogen (secondary N) is 1. The maximum absolute atomic E-state index is 13.6. The Kier molecular flexibility index (Phi) is 5.55. The highest BCUT2D eigenvalue weighted by molar-refractivity contribution is 7.89. The third kappa shape index (κ3) is 5.77. The second-order valence-corrected chi connectivity index (χ2v) is 8.15. The zero-order chi connectivity index (χ0) is 16.9. The van der Waals surface area contributed by atoms with Crippen LogP contribution in [-0.4, -0.2) is 19.7 Å². The summed E-state index contributed by atoms with van der Waals surface area (Å²) in [5.74, 6) is -0.502. The molecule has 0 saturated carbocycles. The lowest BCUT2D eigenvalue weighted by molar-refractivity contribution is 0.450. The second kappa shape index (κ2) is 7.23. The molecule has 0 heterocycles. The Hall–Kier alpha value is -1.72. The van der Waals surface area contributed by atoms with Crippen molar-refractivity contribution in [2.75, 3.05) is 5.75 Å². The van der Waals surface area contributed by atoms with E-state index in [1.54, 1.807) is 18.2 Å². The van der Waals surface area contributed by atoms with Crippen molar-refractivity contribution >= 4 is 10.0 Å². The Balaban J connectivity index is 1.98. The van der Waals surface area contributed by atoms with Gasteiger partial charge in [-0.25, -0.2) is 17.5 Å². The molecule has 2 aromatic rings. The van der Waals surface area contributed by atoms with Gasteiger partial charge in [0.15, 0.2) is 0 Å². The van der Waals surface area contributed by atoms with Gasteiger partial charge in [0.05, 0.1) is 5.75 Å². The van der Waals surface area contributed by atoms with E-state index in [1.807, 2.05) is 44.2 Å². The van der Waals surface area contributed by atoms with Crippen molar-refractivity contribution in [2.45, 2.75) is 32.2 Å². The molecule has 3 nitrogen and oxygen atoms in total. The summed E-state index contributed by atoms with van der Waals surface area (Å²) in [5.41, 5.74) is 0.878. The predicted octanol–water partition coefficient (Wildman–Crippen LogP) is 3.31. The van der Waals surface area contributed by atoms with Crippen LogP contribution in [0.1, 0.15) is 25.0 Å². The third-order valence-corrected chi connectivity index (χ3v) is 5.12. The van der Waals surface area contributed by atoms with Gasteiger partial charge in [0.1, 0.15) is 5.82 Å². The first-order valence-electron chi connectivity index (χ1n) is 7.56. The molecule has 0 aliphatic heterocycles. The van der Waals surface area contributed by atoms with Crippen LogP contribution in [0, 0.1) is 5.82 Å². The number of aryl methyl sites for hydroxylation is 1. The molecule has 2 aromatic carbocycles. The summed E-state index contributed by atoms with van der Waals surface area (Å²) in [6.07, 6.45) is 0.746. The van der Waals surface area contributed by atoms with E-state index >= 15 is 0 Å². The van der Waals surface area contributed by atoms with Gasteiger partial charge in [-0.1, -0.05) is 48.5 Å². The quantitative estimate of drug-likeness (QED) is 0.844. The fourth-order valence-corrected chi connectivity index (χ4v) is 4.06. The standard InChI is InChI=1S/C18H22FNO2S/c1-18(2,14-15-8-4-3-5-9-15)20-23(21,22)13-12-16-10-6-7-11-17(16)19/h3-11,20H,12-14H2,1-2H3. The lowest BCUT2D eigenvalue weighted by Gasteiger charge is -2.26. The molecule has 0 radical (unpaired) electrons. The largest absolute Gasteiger partial charge is 0.212 e. The second-order valence-electron chi connectivity index (χ2n) is 6.31. The Morgan fingerprint density at radius 1 is 1.00 bits per heavy atom. The van der Waals surface area contributed by atoms with E-state index in [2.05, 4.69) is 4.72 Å². The lowest BCUT2D eigenvalue weighted by atomic mass is 9.96. The molecule has 0 aromatic heterocycles. The highest BCUT2D eigenvalue weighted by atomic mass is 32.2. The third-order valence-electron chi connectivity index (χ3n) is 3.52. The maximum Gasteiger partial charge on any atom is 0.212 e. The summed E-state index contributed by atoms with van der Waals surface area (Å²) in [4.78, 5) is 0. The first kappa shape index (κ1) is 17.6. The molecule has 0 atom stereocenters. The van der Waals surface area contributed by atoms with Gasteiger partial charge >= 0.3 is 0 Å². The molecule has 2 rings (SSSR count). The van der Waals surface area contributed by atoms with Gasteiger partial charge in [0.2, 0.25) is 10.0 Å². The van der Waals surface area contributed by atoms with Gasteiger partial charge in [-0.3, -0.25) is 0 Å². The number of benzene rings is 2. The van der Waals surface area contributed by atoms with E-state index in [0.717, 1.165) is 5.56 Å². The average molecular weight is 335 g/mol. The van der Waals surface area contributed by atoms with Gasteiger partial charge in [0, 0.05) is 5.54 Å². The minimum absolute atomic E-state index is 0.133. The summed E-state index contributed by atoms with van der Waals surface area (Å²) in [5, 5.41) is 0. The van der Waals surface area contributed by atoms with Crippen molar-refractivity contribution in [3.63, 3.8) is 0 Å². The molecule has 0 fully saturated rings. The number of hydrogen-bond acceptors (Lipinski definition) is 2. The predicted molar refractivity (Wildman–Crippen MR) is 91.3 cm³/mol. The molecule has 124 valence electrons. The summed E-state index contributed by atoms with van der Waals surface area (Å²) in [6.45, 7) is 3.70. The summed E-state index contributed by atoms with van der Waals surface area (Å²) >= 11 is 0. The van der Waals surface area contributed by atoms with Crippen LogP contribution in [-0.2, 0) is 22.9 Å². The maximum atomic E-state index is 13.6. The van der Waals surface area contributed by atoms with E-state index in [0.29, 0.717) is 12.0 Å². The lowest BCUT2D eigenvalue weighted by Crippen LogP contribution is -2.46. The van der Waals surface area contributed by atoms with Crippen LogP contribution in [0.15, 0.2) is 54.6 Å². The molecular formula is C18H22FNO2S. The van der Waals surface area contributed by atoms with Crippen molar-refractivity contribution in [3.05, 3.63) is 71.5 Å². The van der Waals surface area contributed by atoms with Crippen LogP contribution >= 0.6 is 0 Å². The van der Waals surface area contributed by atoms with E-state index in [-0.39, 0.29) is 18.0 Å². The molecule has 0 unspecified atom stereocenters. The number of hydrogen-bond donors (Lipinski definition) is 1. The van der Waals surface area contributed by atoms with Crippen LogP contribution in [0.5, 0.6) is 0 Å². The molecule has 0 saturated heterocycles. The molecule has 1 N–H and O–H groups in total. The highest BCUT2D eigenvalue weighted by Gasteiger charge is 2.25. The van der Waals surface area contributed by atoms with Gasteiger partial charge < -0.3 is 0 Å². The Morgan fingerprint density at radius 3 is 2.26 bits per heavy atom. The number of rotatable bonds is 7. The monoisotopic (exact) mass is 335 g/mol. The minimum Gasteiger partial charge on any atom is -0.212 e. The number of sulfonamides is 1.